The summed E-state index contributed by atoms with van der Waals surface area (Å²) in [6.45, 7) is 3.85. The molecule has 2 aromatic carbocycles. The number of rotatable bonds is 5. The van der Waals surface area contributed by atoms with Crippen LogP contribution in [0.2, 0.25) is 0 Å². The average Bonchev–Trinajstić information content (AvgIpc) is 2.97. The molecule has 3 rings (SSSR count). The number of carbonyl (C=O) groups excluding carboxylic acids is 1. The zero-order valence-electron chi connectivity index (χ0n) is 15.9. The Morgan fingerprint density at radius 3 is 2.43 bits per heavy atom. The Bertz CT molecular complexity index is 1190. The molecule has 1 amide bonds. The number of ether oxygens (including phenoxy) is 1. The molecule has 1 heterocycles. The van der Waals surface area contributed by atoms with E-state index in [2.05, 4.69) is 37.0 Å². The van der Waals surface area contributed by atoms with Gasteiger partial charge in [0.15, 0.2) is 11.5 Å². The van der Waals surface area contributed by atoms with Gasteiger partial charge in [0.05, 0.1) is 32.9 Å². The van der Waals surface area contributed by atoms with E-state index in [0.717, 1.165) is 0 Å². The van der Waals surface area contributed by atoms with Gasteiger partial charge in [-0.1, -0.05) is 0 Å². The third-order valence-corrected chi connectivity index (χ3v) is 7.33. The van der Waals surface area contributed by atoms with E-state index in [-0.39, 0.29) is 22.3 Å². The summed E-state index contributed by atoms with van der Waals surface area (Å²) in [5.41, 5.74) is 1.82. The fourth-order valence-corrected chi connectivity index (χ4v) is 4.13. The quantitative estimate of drug-likeness (QED) is 0.541. The first-order valence-corrected chi connectivity index (χ1v) is 11.8. The van der Waals surface area contributed by atoms with Gasteiger partial charge in [-0.3, -0.25) is 4.79 Å². The van der Waals surface area contributed by atoms with E-state index in [4.69, 9.17) is 9.88 Å². The van der Waals surface area contributed by atoms with Gasteiger partial charge >= 0.3 is 0 Å². The lowest BCUT2D eigenvalue weighted by molar-refractivity contribution is -0.114. The van der Waals surface area contributed by atoms with Crippen molar-refractivity contribution in [3.05, 3.63) is 50.4 Å². The number of phenols is 1. The second-order valence-corrected chi connectivity index (χ2v) is 9.42. The van der Waals surface area contributed by atoms with Crippen LogP contribution in [0.1, 0.15) is 19.4 Å². The minimum absolute atomic E-state index is 0.0504. The molecule has 0 spiro atoms. The molecule has 0 saturated carbocycles. The molecule has 0 aliphatic carbocycles. The molecule has 0 aromatic heterocycles. The summed E-state index contributed by atoms with van der Waals surface area (Å²) in [5.74, 6) is -0.162. The molecule has 0 atom stereocenters. The summed E-state index contributed by atoms with van der Waals surface area (Å²) in [6, 6.07) is 7.15. The second kappa shape index (κ2) is 8.50. The molecule has 158 valence electrons. The lowest BCUT2D eigenvalue weighted by Gasteiger charge is -2.13. The molecule has 1 aliphatic rings. The number of hydrazone groups is 1. The molecule has 11 heteroatoms. The van der Waals surface area contributed by atoms with Gasteiger partial charge in [-0.15, -0.1) is 0 Å². The third kappa shape index (κ3) is 4.29. The lowest BCUT2D eigenvalue weighted by atomic mass is 10.1. The van der Waals surface area contributed by atoms with Crippen LogP contribution in [0.15, 0.2) is 54.8 Å². The van der Waals surface area contributed by atoms with Crippen LogP contribution in [0.3, 0.4) is 0 Å². The standard InChI is InChI=1S/C19H17Br2N3O5S/c1-3-29-15-9-11(16(20)17(21)18(15)25)8-14-10(2)23-24(19(14)26)12-4-6-13(7-5-12)30(22,27)28/h4-9,25H,3H2,1-2H3,(H2,22,27,28)/b14-8+. The minimum Gasteiger partial charge on any atom is -0.503 e. The Hall–Kier alpha value is -2.21. The van der Waals surface area contributed by atoms with Crippen molar-refractivity contribution in [2.24, 2.45) is 10.2 Å². The predicted octanol–water partition coefficient (Wildman–Crippen LogP) is 3.77. The largest absolute Gasteiger partial charge is 0.503 e. The zero-order chi connectivity index (χ0) is 22.2. The number of aromatic hydroxyl groups is 1. The van der Waals surface area contributed by atoms with Crippen molar-refractivity contribution >= 4 is 65.3 Å². The van der Waals surface area contributed by atoms with Crippen LogP contribution in [0.25, 0.3) is 6.08 Å². The van der Waals surface area contributed by atoms with E-state index in [1.54, 1.807) is 26.0 Å². The van der Waals surface area contributed by atoms with Crippen LogP contribution < -0.4 is 14.9 Å². The van der Waals surface area contributed by atoms with Gasteiger partial charge in [-0.25, -0.2) is 13.6 Å². The summed E-state index contributed by atoms with van der Waals surface area (Å²) in [6.07, 6.45) is 1.64. The van der Waals surface area contributed by atoms with E-state index in [1.807, 2.05) is 0 Å². The number of anilines is 1. The topological polar surface area (TPSA) is 122 Å². The molecule has 2 aromatic rings. The number of hydrogen-bond donors (Lipinski definition) is 2. The van der Waals surface area contributed by atoms with Gasteiger partial charge in [0.25, 0.3) is 5.91 Å². The molecule has 0 radical (unpaired) electrons. The lowest BCUT2D eigenvalue weighted by Crippen LogP contribution is -2.21. The SMILES string of the molecule is CCOc1cc(/C=C2/C(=O)N(c3ccc(S(N)(=O)=O)cc3)N=C2C)c(Br)c(Br)c1O. The number of hydrogen-bond acceptors (Lipinski definition) is 6. The molecule has 30 heavy (non-hydrogen) atoms. The first kappa shape index (κ1) is 22.5. The second-order valence-electron chi connectivity index (χ2n) is 6.27. The van der Waals surface area contributed by atoms with Gasteiger partial charge in [0.1, 0.15) is 0 Å². The number of amides is 1. The van der Waals surface area contributed by atoms with Crippen molar-refractivity contribution in [2.45, 2.75) is 18.7 Å². The van der Waals surface area contributed by atoms with Crippen molar-refractivity contribution in [3.63, 3.8) is 0 Å². The summed E-state index contributed by atoms with van der Waals surface area (Å²) >= 11 is 6.72. The Morgan fingerprint density at radius 1 is 1.23 bits per heavy atom. The highest BCUT2D eigenvalue weighted by atomic mass is 79.9. The normalized spacial score (nSPS) is 15.6. The average molecular weight is 559 g/mol. The van der Waals surface area contributed by atoms with Crippen molar-refractivity contribution in [3.8, 4) is 11.5 Å². The fourth-order valence-electron chi connectivity index (χ4n) is 2.77. The van der Waals surface area contributed by atoms with Gasteiger partial charge in [-0.2, -0.15) is 10.1 Å². The predicted molar refractivity (Wildman–Crippen MR) is 121 cm³/mol. The van der Waals surface area contributed by atoms with E-state index in [1.165, 1.54) is 29.3 Å². The minimum atomic E-state index is -3.83. The molecule has 8 nitrogen and oxygen atoms in total. The van der Waals surface area contributed by atoms with Gasteiger partial charge in [-0.05, 0) is 87.7 Å². The van der Waals surface area contributed by atoms with E-state index in [9.17, 15) is 18.3 Å². The Balaban J connectivity index is 1.99. The van der Waals surface area contributed by atoms with Crippen molar-refractivity contribution in [1.29, 1.82) is 0 Å². The number of primary sulfonamides is 1. The van der Waals surface area contributed by atoms with Gasteiger partial charge in [0.2, 0.25) is 10.0 Å². The van der Waals surface area contributed by atoms with Gasteiger partial charge < -0.3 is 9.84 Å². The summed E-state index contributed by atoms with van der Waals surface area (Å²) in [4.78, 5) is 12.9. The van der Waals surface area contributed by atoms with Crippen LogP contribution in [-0.4, -0.2) is 31.8 Å². The van der Waals surface area contributed by atoms with Crippen LogP contribution >= 0.6 is 31.9 Å². The monoisotopic (exact) mass is 557 g/mol. The number of nitrogens with zero attached hydrogens (tertiary/aromatic N) is 2. The third-order valence-electron chi connectivity index (χ3n) is 4.25. The number of phenolic OH excluding ortho intramolecular Hbond substituents is 1. The summed E-state index contributed by atoms with van der Waals surface area (Å²) < 4.78 is 29.2. The maximum absolute atomic E-state index is 13.0. The summed E-state index contributed by atoms with van der Waals surface area (Å²) in [5, 5.41) is 20.8. The van der Waals surface area contributed by atoms with E-state index in [0.29, 0.717) is 38.1 Å². The summed E-state index contributed by atoms with van der Waals surface area (Å²) in [7, 11) is -3.83. The van der Waals surface area contributed by atoms with Crippen LogP contribution in [0.4, 0.5) is 5.69 Å². The molecule has 1 aliphatic heterocycles. The van der Waals surface area contributed by atoms with E-state index < -0.39 is 10.0 Å². The molecule has 0 saturated heterocycles. The molecule has 0 fully saturated rings. The molecule has 3 N–H and O–H groups in total. The number of benzene rings is 2. The molecule has 0 unspecified atom stereocenters. The maximum atomic E-state index is 13.0. The smallest absolute Gasteiger partial charge is 0.280 e. The Labute approximate surface area is 190 Å². The number of sulfonamides is 1. The molecular formula is C19H17Br2N3O5S. The first-order valence-electron chi connectivity index (χ1n) is 8.63. The highest BCUT2D eigenvalue weighted by Crippen LogP contribution is 2.43. The van der Waals surface area contributed by atoms with Gasteiger partial charge in [0, 0.05) is 4.47 Å². The highest BCUT2D eigenvalue weighted by Gasteiger charge is 2.29. The maximum Gasteiger partial charge on any atom is 0.280 e. The van der Waals surface area contributed by atoms with Crippen LogP contribution in [0, 0.1) is 0 Å². The number of halogens is 2. The number of carbonyl (C=O) groups is 1. The Kier molecular flexibility index (Phi) is 6.37. The zero-order valence-corrected chi connectivity index (χ0v) is 19.9. The van der Waals surface area contributed by atoms with Crippen LogP contribution in [-0.2, 0) is 14.8 Å². The van der Waals surface area contributed by atoms with Crippen molar-refractivity contribution < 1.29 is 23.1 Å². The molecule has 0 bridgehead atoms. The first-order chi connectivity index (χ1) is 14.0. The van der Waals surface area contributed by atoms with Crippen LogP contribution in [0.5, 0.6) is 11.5 Å². The van der Waals surface area contributed by atoms with E-state index >= 15 is 0 Å². The number of nitrogens with two attached hydrogens (primary N) is 1. The Morgan fingerprint density at radius 2 is 1.87 bits per heavy atom. The van der Waals surface area contributed by atoms with Crippen molar-refractivity contribution in [1.82, 2.24) is 0 Å². The molecular weight excluding hydrogens is 542 g/mol. The van der Waals surface area contributed by atoms with Crippen molar-refractivity contribution in [2.75, 3.05) is 11.6 Å². The fraction of sp³-hybridized carbons (Fsp3) is 0.158. The highest BCUT2D eigenvalue weighted by molar-refractivity contribution is 9.13.